The summed E-state index contributed by atoms with van der Waals surface area (Å²) >= 11 is 0. The highest BCUT2D eigenvalue weighted by atomic mass is 16.5. The van der Waals surface area contributed by atoms with Crippen molar-refractivity contribution in [1.29, 1.82) is 0 Å². The van der Waals surface area contributed by atoms with Crippen LogP contribution in [0.3, 0.4) is 0 Å². The standard InChI is InChI=1S/C13H19NO3/c1-3-13(15)14-9-10-17-12-7-5-11(6-8-12)16-4-2/h5-8H,3-4,9-10H2,1-2H3,(H,14,15). The summed E-state index contributed by atoms with van der Waals surface area (Å²) in [5, 5.41) is 2.75. The Morgan fingerprint density at radius 3 is 2.24 bits per heavy atom. The highest BCUT2D eigenvalue weighted by Crippen LogP contribution is 2.17. The molecule has 0 unspecified atom stereocenters. The summed E-state index contributed by atoms with van der Waals surface area (Å²) in [5.74, 6) is 1.65. The smallest absolute Gasteiger partial charge is 0.219 e. The predicted molar refractivity (Wildman–Crippen MR) is 66.4 cm³/mol. The van der Waals surface area contributed by atoms with E-state index in [0.717, 1.165) is 11.5 Å². The maximum absolute atomic E-state index is 11.0. The molecule has 0 heterocycles. The minimum absolute atomic E-state index is 0.0419. The third kappa shape index (κ3) is 5.24. The molecule has 0 saturated heterocycles. The van der Waals surface area contributed by atoms with Gasteiger partial charge in [0.05, 0.1) is 13.2 Å². The Morgan fingerprint density at radius 2 is 1.71 bits per heavy atom. The topological polar surface area (TPSA) is 47.6 Å². The van der Waals surface area contributed by atoms with Crippen molar-refractivity contribution in [3.63, 3.8) is 0 Å². The molecule has 17 heavy (non-hydrogen) atoms. The number of amides is 1. The fourth-order valence-corrected chi connectivity index (χ4v) is 1.28. The van der Waals surface area contributed by atoms with Gasteiger partial charge in [-0.25, -0.2) is 0 Å². The zero-order valence-corrected chi connectivity index (χ0v) is 10.4. The summed E-state index contributed by atoms with van der Waals surface area (Å²) in [7, 11) is 0. The zero-order valence-electron chi connectivity index (χ0n) is 10.4. The lowest BCUT2D eigenvalue weighted by atomic mass is 10.3. The van der Waals surface area contributed by atoms with Crippen molar-refractivity contribution in [3.8, 4) is 11.5 Å². The summed E-state index contributed by atoms with van der Waals surface area (Å²) in [6.45, 7) is 5.42. The molecule has 0 fully saturated rings. The molecule has 0 aliphatic rings. The minimum atomic E-state index is 0.0419. The molecule has 0 radical (unpaired) electrons. The van der Waals surface area contributed by atoms with Crippen molar-refractivity contribution in [2.24, 2.45) is 0 Å². The summed E-state index contributed by atoms with van der Waals surface area (Å²) in [5.41, 5.74) is 0. The lowest BCUT2D eigenvalue weighted by Gasteiger charge is -2.08. The number of carbonyl (C=O) groups is 1. The van der Waals surface area contributed by atoms with E-state index in [4.69, 9.17) is 9.47 Å². The Kier molecular flexibility index (Phi) is 5.93. The molecular weight excluding hydrogens is 218 g/mol. The Labute approximate surface area is 102 Å². The first-order valence-corrected chi connectivity index (χ1v) is 5.88. The van der Waals surface area contributed by atoms with Gasteiger partial charge in [-0.3, -0.25) is 4.79 Å². The van der Waals surface area contributed by atoms with Gasteiger partial charge in [-0.2, -0.15) is 0 Å². The van der Waals surface area contributed by atoms with Crippen molar-refractivity contribution in [3.05, 3.63) is 24.3 Å². The second-order valence-corrected chi connectivity index (χ2v) is 3.46. The second-order valence-electron chi connectivity index (χ2n) is 3.46. The number of carbonyl (C=O) groups excluding carboxylic acids is 1. The quantitative estimate of drug-likeness (QED) is 0.738. The van der Waals surface area contributed by atoms with E-state index < -0.39 is 0 Å². The van der Waals surface area contributed by atoms with Gasteiger partial charge < -0.3 is 14.8 Å². The molecule has 0 atom stereocenters. The van der Waals surface area contributed by atoms with E-state index in [1.54, 1.807) is 0 Å². The van der Waals surface area contributed by atoms with Crippen LogP contribution in [0, 0.1) is 0 Å². The van der Waals surface area contributed by atoms with Crippen molar-refractivity contribution in [2.75, 3.05) is 19.8 Å². The summed E-state index contributed by atoms with van der Waals surface area (Å²) in [6, 6.07) is 7.44. The van der Waals surface area contributed by atoms with Crippen molar-refractivity contribution in [2.45, 2.75) is 20.3 Å². The molecule has 1 amide bonds. The van der Waals surface area contributed by atoms with E-state index in [0.29, 0.717) is 26.2 Å². The van der Waals surface area contributed by atoms with Crippen LogP contribution < -0.4 is 14.8 Å². The van der Waals surface area contributed by atoms with Gasteiger partial charge in [0, 0.05) is 6.42 Å². The first kappa shape index (κ1) is 13.4. The van der Waals surface area contributed by atoms with Crippen LogP contribution in [0.25, 0.3) is 0 Å². The summed E-state index contributed by atoms with van der Waals surface area (Å²) < 4.78 is 10.8. The lowest BCUT2D eigenvalue weighted by molar-refractivity contribution is -0.120. The zero-order chi connectivity index (χ0) is 12.5. The highest BCUT2D eigenvalue weighted by Gasteiger charge is 1.97. The molecule has 0 bridgehead atoms. The van der Waals surface area contributed by atoms with Gasteiger partial charge in [0.2, 0.25) is 5.91 Å². The lowest BCUT2D eigenvalue weighted by Crippen LogP contribution is -2.27. The van der Waals surface area contributed by atoms with E-state index in [9.17, 15) is 4.79 Å². The van der Waals surface area contributed by atoms with Crippen molar-refractivity contribution < 1.29 is 14.3 Å². The number of ether oxygens (including phenoxy) is 2. The monoisotopic (exact) mass is 237 g/mol. The molecule has 0 saturated carbocycles. The van der Waals surface area contributed by atoms with Crippen LogP contribution in [-0.2, 0) is 4.79 Å². The van der Waals surface area contributed by atoms with Crippen molar-refractivity contribution in [1.82, 2.24) is 5.32 Å². The van der Waals surface area contributed by atoms with Gasteiger partial charge in [0.1, 0.15) is 18.1 Å². The maximum atomic E-state index is 11.0. The average Bonchev–Trinajstić information content (AvgIpc) is 2.36. The maximum Gasteiger partial charge on any atom is 0.219 e. The Morgan fingerprint density at radius 1 is 1.12 bits per heavy atom. The molecule has 0 aromatic heterocycles. The number of nitrogens with one attached hydrogen (secondary N) is 1. The molecule has 1 aromatic rings. The van der Waals surface area contributed by atoms with Gasteiger partial charge in [-0.15, -0.1) is 0 Å². The molecule has 0 aliphatic carbocycles. The van der Waals surface area contributed by atoms with E-state index >= 15 is 0 Å². The molecule has 0 aliphatic heterocycles. The molecule has 0 spiro atoms. The number of rotatable bonds is 7. The van der Waals surface area contributed by atoms with E-state index in [2.05, 4.69) is 5.32 Å². The first-order valence-electron chi connectivity index (χ1n) is 5.88. The SMILES string of the molecule is CCOc1ccc(OCCNC(=O)CC)cc1. The molecule has 1 aromatic carbocycles. The molecule has 4 heteroatoms. The third-order valence-electron chi connectivity index (χ3n) is 2.15. The largest absolute Gasteiger partial charge is 0.494 e. The number of hydrogen-bond acceptors (Lipinski definition) is 3. The summed E-state index contributed by atoms with van der Waals surface area (Å²) in [6.07, 6.45) is 0.503. The predicted octanol–water partition coefficient (Wildman–Crippen LogP) is 1.99. The Bertz CT molecular complexity index is 335. The highest BCUT2D eigenvalue weighted by molar-refractivity contribution is 5.75. The van der Waals surface area contributed by atoms with Crippen molar-refractivity contribution >= 4 is 5.91 Å². The summed E-state index contributed by atoms with van der Waals surface area (Å²) in [4.78, 5) is 11.0. The van der Waals surface area contributed by atoms with Gasteiger partial charge in [0.15, 0.2) is 0 Å². The third-order valence-corrected chi connectivity index (χ3v) is 2.15. The second kappa shape index (κ2) is 7.54. The van der Waals surface area contributed by atoms with Gasteiger partial charge >= 0.3 is 0 Å². The van der Waals surface area contributed by atoms with Gasteiger partial charge in [-0.05, 0) is 31.2 Å². The van der Waals surface area contributed by atoms with E-state index in [-0.39, 0.29) is 5.91 Å². The van der Waals surface area contributed by atoms with Crippen LogP contribution in [-0.4, -0.2) is 25.7 Å². The molecular formula is C13H19NO3. The first-order chi connectivity index (χ1) is 8.26. The van der Waals surface area contributed by atoms with Gasteiger partial charge in [-0.1, -0.05) is 6.92 Å². The Hall–Kier alpha value is -1.71. The fourth-order valence-electron chi connectivity index (χ4n) is 1.28. The Balaban J connectivity index is 2.25. The van der Waals surface area contributed by atoms with E-state index in [1.807, 2.05) is 38.1 Å². The van der Waals surface area contributed by atoms with Crippen LogP contribution in [0.2, 0.25) is 0 Å². The van der Waals surface area contributed by atoms with Gasteiger partial charge in [0.25, 0.3) is 0 Å². The van der Waals surface area contributed by atoms with Crippen LogP contribution in [0.5, 0.6) is 11.5 Å². The van der Waals surface area contributed by atoms with Crippen LogP contribution in [0.15, 0.2) is 24.3 Å². The molecule has 4 nitrogen and oxygen atoms in total. The molecule has 1 N–H and O–H groups in total. The van der Waals surface area contributed by atoms with E-state index in [1.165, 1.54) is 0 Å². The van der Waals surface area contributed by atoms with Crippen LogP contribution >= 0.6 is 0 Å². The number of hydrogen-bond donors (Lipinski definition) is 1. The normalized spacial score (nSPS) is 9.76. The fraction of sp³-hybridized carbons (Fsp3) is 0.462. The average molecular weight is 237 g/mol. The molecule has 1 rings (SSSR count). The van der Waals surface area contributed by atoms with Crippen LogP contribution in [0.1, 0.15) is 20.3 Å². The number of benzene rings is 1. The van der Waals surface area contributed by atoms with Crippen LogP contribution in [0.4, 0.5) is 0 Å². The minimum Gasteiger partial charge on any atom is -0.494 e. The molecule has 94 valence electrons.